The quantitative estimate of drug-likeness (QED) is 0.917. The van der Waals surface area contributed by atoms with E-state index in [0.29, 0.717) is 11.0 Å². The predicted molar refractivity (Wildman–Crippen MR) is 86.5 cm³/mol. The van der Waals surface area contributed by atoms with E-state index in [9.17, 15) is 4.39 Å². The molecule has 0 spiro atoms. The molecule has 0 bridgehead atoms. The molecule has 1 aliphatic rings. The van der Waals surface area contributed by atoms with E-state index in [1.54, 1.807) is 0 Å². The molecular formula is C17H18BrFN2. The van der Waals surface area contributed by atoms with E-state index in [4.69, 9.17) is 5.73 Å². The SMILES string of the molecule is NCC(c1ccc(F)c(Br)c1)N1CCc2ccccc2C1. The molecule has 2 aromatic carbocycles. The monoisotopic (exact) mass is 348 g/mol. The lowest BCUT2D eigenvalue weighted by Crippen LogP contribution is -2.37. The molecule has 0 saturated heterocycles. The van der Waals surface area contributed by atoms with Gasteiger partial charge in [0.15, 0.2) is 0 Å². The average molecular weight is 349 g/mol. The highest BCUT2D eigenvalue weighted by molar-refractivity contribution is 9.10. The van der Waals surface area contributed by atoms with Gasteiger partial charge in [-0.1, -0.05) is 30.3 Å². The fourth-order valence-electron chi connectivity index (χ4n) is 3.00. The summed E-state index contributed by atoms with van der Waals surface area (Å²) >= 11 is 3.26. The van der Waals surface area contributed by atoms with Gasteiger partial charge < -0.3 is 5.73 Å². The fourth-order valence-corrected chi connectivity index (χ4v) is 3.40. The summed E-state index contributed by atoms with van der Waals surface area (Å²) in [7, 11) is 0. The zero-order valence-corrected chi connectivity index (χ0v) is 13.3. The van der Waals surface area contributed by atoms with Crippen molar-refractivity contribution in [2.45, 2.75) is 19.0 Å². The minimum atomic E-state index is -0.237. The molecule has 0 aromatic heterocycles. The van der Waals surface area contributed by atoms with Crippen molar-refractivity contribution >= 4 is 15.9 Å². The van der Waals surface area contributed by atoms with Crippen LogP contribution in [0.5, 0.6) is 0 Å². The minimum Gasteiger partial charge on any atom is -0.329 e. The zero-order chi connectivity index (χ0) is 14.8. The maximum atomic E-state index is 13.4. The molecule has 1 aliphatic heterocycles. The molecule has 21 heavy (non-hydrogen) atoms. The van der Waals surface area contributed by atoms with Gasteiger partial charge >= 0.3 is 0 Å². The van der Waals surface area contributed by atoms with Crippen molar-refractivity contribution in [2.75, 3.05) is 13.1 Å². The molecule has 3 rings (SSSR count). The summed E-state index contributed by atoms with van der Waals surface area (Å²) in [5, 5.41) is 0. The van der Waals surface area contributed by atoms with Crippen LogP contribution in [0.1, 0.15) is 22.7 Å². The molecule has 2 nitrogen and oxygen atoms in total. The van der Waals surface area contributed by atoms with Crippen LogP contribution in [0.15, 0.2) is 46.9 Å². The Morgan fingerprint density at radius 2 is 1.95 bits per heavy atom. The summed E-state index contributed by atoms with van der Waals surface area (Å²) in [6, 6.07) is 13.8. The summed E-state index contributed by atoms with van der Waals surface area (Å²) in [5.74, 6) is -0.237. The molecule has 0 amide bonds. The van der Waals surface area contributed by atoms with Gasteiger partial charge in [0.2, 0.25) is 0 Å². The number of fused-ring (bicyclic) bond motifs is 1. The Kier molecular flexibility index (Phi) is 4.38. The lowest BCUT2D eigenvalue weighted by atomic mass is 9.96. The number of nitrogens with two attached hydrogens (primary N) is 1. The van der Waals surface area contributed by atoms with Gasteiger partial charge in [-0.15, -0.1) is 0 Å². The second-order valence-corrected chi connectivity index (χ2v) is 6.27. The molecule has 1 unspecified atom stereocenters. The molecule has 2 N–H and O–H groups in total. The highest BCUT2D eigenvalue weighted by atomic mass is 79.9. The first-order valence-corrected chi connectivity index (χ1v) is 7.94. The third-order valence-corrected chi connectivity index (χ3v) is 4.76. The summed E-state index contributed by atoms with van der Waals surface area (Å²) in [5.41, 5.74) is 9.84. The molecule has 110 valence electrons. The molecule has 0 fully saturated rings. The van der Waals surface area contributed by atoms with Crippen LogP contribution in [0, 0.1) is 5.82 Å². The van der Waals surface area contributed by atoms with Crippen LogP contribution in [-0.4, -0.2) is 18.0 Å². The Morgan fingerprint density at radius 1 is 1.19 bits per heavy atom. The highest BCUT2D eigenvalue weighted by Gasteiger charge is 2.24. The molecule has 0 aliphatic carbocycles. The Bertz CT molecular complexity index is 644. The summed E-state index contributed by atoms with van der Waals surface area (Å²) in [6.45, 7) is 2.40. The normalized spacial score (nSPS) is 16.5. The largest absolute Gasteiger partial charge is 0.329 e. The first-order valence-electron chi connectivity index (χ1n) is 7.15. The van der Waals surface area contributed by atoms with Crippen molar-refractivity contribution in [1.29, 1.82) is 0 Å². The van der Waals surface area contributed by atoms with Crippen LogP contribution in [0.2, 0.25) is 0 Å². The Labute approximate surface area is 132 Å². The summed E-state index contributed by atoms with van der Waals surface area (Å²) < 4.78 is 13.9. The number of rotatable bonds is 3. The second kappa shape index (κ2) is 6.26. The Balaban J connectivity index is 1.86. The lowest BCUT2D eigenvalue weighted by molar-refractivity contribution is 0.183. The first kappa shape index (κ1) is 14.7. The van der Waals surface area contributed by atoms with E-state index in [1.165, 1.54) is 17.2 Å². The van der Waals surface area contributed by atoms with Gasteiger partial charge in [-0.2, -0.15) is 0 Å². The number of hydrogen-bond acceptors (Lipinski definition) is 2. The maximum absolute atomic E-state index is 13.4. The van der Waals surface area contributed by atoms with Crippen molar-refractivity contribution in [2.24, 2.45) is 5.73 Å². The highest BCUT2D eigenvalue weighted by Crippen LogP contribution is 2.29. The van der Waals surface area contributed by atoms with E-state index in [0.717, 1.165) is 25.1 Å². The minimum absolute atomic E-state index is 0.121. The number of halogens is 2. The van der Waals surface area contributed by atoms with Crippen molar-refractivity contribution in [3.63, 3.8) is 0 Å². The van der Waals surface area contributed by atoms with Gasteiger partial charge in [-0.3, -0.25) is 4.90 Å². The number of nitrogens with zero attached hydrogens (tertiary/aromatic N) is 1. The van der Waals surface area contributed by atoms with Crippen molar-refractivity contribution < 1.29 is 4.39 Å². The first-order chi connectivity index (χ1) is 10.2. The third kappa shape index (κ3) is 3.03. The van der Waals surface area contributed by atoms with Gasteiger partial charge in [0.1, 0.15) is 5.82 Å². The Morgan fingerprint density at radius 3 is 2.67 bits per heavy atom. The molecule has 0 saturated carbocycles. The molecule has 0 radical (unpaired) electrons. The smallest absolute Gasteiger partial charge is 0.137 e. The van der Waals surface area contributed by atoms with Gasteiger partial charge in [-0.25, -0.2) is 4.39 Å². The second-order valence-electron chi connectivity index (χ2n) is 5.41. The lowest BCUT2D eigenvalue weighted by Gasteiger charge is -2.35. The van der Waals surface area contributed by atoms with Gasteiger partial charge in [0, 0.05) is 25.7 Å². The van der Waals surface area contributed by atoms with Crippen LogP contribution in [-0.2, 0) is 13.0 Å². The third-order valence-electron chi connectivity index (χ3n) is 4.15. The van der Waals surface area contributed by atoms with E-state index < -0.39 is 0 Å². The standard InChI is InChI=1S/C17H18BrFN2/c18-15-9-13(5-6-16(15)19)17(10-20)21-8-7-12-3-1-2-4-14(12)11-21/h1-6,9,17H,7-8,10-11,20H2. The summed E-state index contributed by atoms with van der Waals surface area (Å²) in [6.07, 6.45) is 1.04. The van der Waals surface area contributed by atoms with E-state index >= 15 is 0 Å². The van der Waals surface area contributed by atoms with Crippen LogP contribution < -0.4 is 5.73 Å². The van der Waals surface area contributed by atoms with Crippen molar-refractivity contribution in [1.82, 2.24) is 4.90 Å². The van der Waals surface area contributed by atoms with Gasteiger partial charge in [-0.05, 0) is 51.2 Å². The van der Waals surface area contributed by atoms with Crippen molar-refractivity contribution in [3.8, 4) is 0 Å². The molecule has 2 aromatic rings. The average Bonchev–Trinajstić information content (AvgIpc) is 2.51. The molecular weight excluding hydrogens is 331 g/mol. The van der Waals surface area contributed by atoms with Crippen LogP contribution >= 0.6 is 15.9 Å². The zero-order valence-electron chi connectivity index (χ0n) is 11.7. The number of benzene rings is 2. The van der Waals surface area contributed by atoms with Crippen molar-refractivity contribution in [3.05, 3.63) is 69.4 Å². The Hall–Kier alpha value is -1.23. The predicted octanol–water partition coefficient (Wildman–Crippen LogP) is 3.65. The molecule has 1 atom stereocenters. The van der Waals surface area contributed by atoms with Crippen LogP contribution in [0.25, 0.3) is 0 Å². The van der Waals surface area contributed by atoms with E-state index in [2.05, 4.69) is 45.1 Å². The van der Waals surface area contributed by atoms with Gasteiger partial charge in [0.05, 0.1) is 4.47 Å². The molecule has 1 heterocycles. The number of hydrogen-bond donors (Lipinski definition) is 1. The van der Waals surface area contributed by atoms with E-state index in [-0.39, 0.29) is 11.9 Å². The fraction of sp³-hybridized carbons (Fsp3) is 0.294. The topological polar surface area (TPSA) is 29.3 Å². The van der Waals surface area contributed by atoms with Crippen LogP contribution in [0.4, 0.5) is 4.39 Å². The van der Waals surface area contributed by atoms with E-state index in [1.807, 2.05) is 12.1 Å². The van der Waals surface area contributed by atoms with Crippen LogP contribution in [0.3, 0.4) is 0 Å². The summed E-state index contributed by atoms with van der Waals surface area (Å²) in [4.78, 5) is 2.38. The molecule has 4 heteroatoms. The van der Waals surface area contributed by atoms with Gasteiger partial charge in [0.25, 0.3) is 0 Å². The maximum Gasteiger partial charge on any atom is 0.137 e.